The third-order valence-corrected chi connectivity index (χ3v) is 6.26. The molecule has 2 amide bonds. The lowest BCUT2D eigenvalue weighted by molar-refractivity contribution is -0.112. The Morgan fingerprint density at radius 2 is 1.59 bits per heavy atom. The molecule has 0 bridgehead atoms. The Morgan fingerprint density at radius 3 is 2.26 bits per heavy atom. The second kappa shape index (κ2) is 8.74. The average molecular weight is 458 g/mol. The van der Waals surface area contributed by atoms with E-state index in [1.165, 1.54) is 12.1 Å². The Bertz CT molecular complexity index is 1260. The molecule has 0 aromatic heterocycles. The number of amides is 2. The molecule has 4 N–H and O–H groups in total. The zero-order chi connectivity index (χ0) is 23.8. The molecule has 3 aromatic rings. The molecule has 34 heavy (non-hydrogen) atoms. The van der Waals surface area contributed by atoms with Crippen LogP contribution in [0.3, 0.4) is 0 Å². The van der Waals surface area contributed by atoms with E-state index in [9.17, 15) is 24.6 Å². The summed E-state index contributed by atoms with van der Waals surface area (Å²) in [6, 6.07) is 20.5. The molecule has 8 heteroatoms. The van der Waals surface area contributed by atoms with Crippen LogP contribution in [-0.4, -0.2) is 47.3 Å². The molecular weight excluding hydrogens is 436 g/mol. The van der Waals surface area contributed by atoms with Crippen LogP contribution in [0.4, 0.5) is 10.5 Å². The lowest BCUT2D eigenvalue weighted by atomic mass is 9.96. The topological polar surface area (TPSA) is 125 Å². The van der Waals surface area contributed by atoms with Crippen molar-refractivity contribution in [3.63, 3.8) is 0 Å². The van der Waals surface area contributed by atoms with Crippen LogP contribution < -0.4 is 10.6 Å². The van der Waals surface area contributed by atoms with E-state index in [0.717, 1.165) is 22.3 Å². The summed E-state index contributed by atoms with van der Waals surface area (Å²) in [5.74, 6) is -1.67. The Balaban J connectivity index is 1.21. The second-order valence-electron chi connectivity index (χ2n) is 8.27. The predicted octanol–water partition coefficient (Wildman–Crippen LogP) is 2.75. The molecule has 2 aliphatic rings. The highest BCUT2D eigenvalue weighted by atomic mass is 16.5. The van der Waals surface area contributed by atoms with E-state index in [1.807, 2.05) is 48.5 Å². The predicted molar refractivity (Wildman–Crippen MR) is 123 cm³/mol. The van der Waals surface area contributed by atoms with Gasteiger partial charge in [-0.05, 0) is 33.9 Å². The highest BCUT2D eigenvalue weighted by Gasteiger charge is 2.34. The first-order chi connectivity index (χ1) is 16.5. The molecule has 1 aliphatic heterocycles. The minimum Gasteiger partial charge on any atom is -0.449 e. The molecule has 0 fully saturated rings. The van der Waals surface area contributed by atoms with Crippen molar-refractivity contribution in [1.82, 2.24) is 5.32 Å². The van der Waals surface area contributed by atoms with Gasteiger partial charge in [0, 0.05) is 12.5 Å². The van der Waals surface area contributed by atoms with E-state index in [2.05, 4.69) is 10.6 Å². The van der Waals surface area contributed by atoms with Gasteiger partial charge in [0.1, 0.15) is 18.8 Å². The molecule has 0 radical (unpaired) electrons. The van der Waals surface area contributed by atoms with E-state index in [1.54, 1.807) is 6.07 Å². The van der Waals surface area contributed by atoms with Crippen LogP contribution in [0.1, 0.15) is 39.1 Å². The lowest BCUT2D eigenvalue weighted by Gasteiger charge is -2.20. The summed E-state index contributed by atoms with van der Waals surface area (Å²) in [5.41, 5.74) is 4.81. The van der Waals surface area contributed by atoms with Crippen molar-refractivity contribution >= 4 is 23.5 Å². The van der Waals surface area contributed by atoms with Crippen molar-refractivity contribution in [3.05, 3.63) is 89.0 Å². The largest absolute Gasteiger partial charge is 0.449 e. The fraction of sp³-hybridized carbons (Fsp3) is 0.192. The fourth-order valence-electron chi connectivity index (χ4n) is 4.62. The van der Waals surface area contributed by atoms with Crippen molar-refractivity contribution in [1.29, 1.82) is 0 Å². The Labute approximate surface area is 195 Å². The van der Waals surface area contributed by atoms with Gasteiger partial charge < -0.3 is 25.6 Å². The highest BCUT2D eigenvalue weighted by molar-refractivity contribution is 6.52. The number of hydrogen-bond acceptors (Lipinski definition) is 6. The molecule has 172 valence electrons. The fourth-order valence-corrected chi connectivity index (χ4v) is 4.62. The number of ether oxygens (including phenoxy) is 1. The normalized spacial score (nSPS) is 15.7. The molecule has 0 spiro atoms. The van der Waals surface area contributed by atoms with Gasteiger partial charge in [0.2, 0.25) is 0 Å². The van der Waals surface area contributed by atoms with Crippen molar-refractivity contribution in [2.75, 3.05) is 18.5 Å². The number of carbonyl (C=O) groups excluding carboxylic acids is 3. The molecule has 1 heterocycles. The minimum absolute atomic E-state index is 0.0280. The number of nitrogens with one attached hydrogen (secondary N) is 2. The number of Topliss-reactive ketones (excluding diaryl/α,β-unsaturated/α-hetero) is 1. The number of hydrogen-bond donors (Lipinski definition) is 4. The summed E-state index contributed by atoms with van der Waals surface area (Å²) >= 11 is 0. The number of fused-ring (bicyclic) bond motifs is 4. The summed E-state index contributed by atoms with van der Waals surface area (Å²) in [4.78, 5) is 36.1. The maximum Gasteiger partial charge on any atom is 0.407 e. The van der Waals surface area contributed by atoms with Crippen LogP contribution in [0.25, 0.3) is 11.1 Å². The molecular formula is C26H22N2O6. The van der Waals surface area contributed by atoms with Gasteiger partial charge in [0.05, 0.1) is 11.3 Å². The first kappa shape index (κ1) is 21.8. The summed E-state index contributed by atoms with van der Waals surface area (Å²) in [6.45, 7) is -0.190. The summed E-state index contributed by atoms with van der Waals surface area (Å²) in [5, 5.41) is 25.8. The summed E-state index contributed by atoms with van der Waals surface area (Å²) in [6.07, 6.45) is -3.64. The van der Waals surface area contributed by atoms with Gasteiger partial charge in [-0.3, -0.25) is 9.59 Å². The third-order valence-electron chi connectivity index (χ3n) is 6.26. The maximum atomic E-state index is 12.3. The zero-order valence-corrected chi connectivity index (χ0v) is 18.0. The van der Waals surface area contributed by atoms with E-state index in [4.69, 9.17) is 4.74 Å². The van der Waals surface area contributed by atoms with Gasteiger partial charge in [-0.2, -0.15) is 0 Å². The van der Waals surface area contributed by atoms with Crippen molar-refractivity contribution in [3.8, 4) is 11.1 Å². The van der Waals surface area contributed by atoms with Crippen LogP contribution >= 0.6 is 0 Å². The highest BCUT2D eigenvalue weighted by Crippen LogP contribution is 2.44. The number of alkyl carbamates (subject to hydrolysis) is 1. The maximum absolute atomic E-state index is 12.3. The average Bonchev–Trinajstić information content (AvgIpc) is 3.34. The SMILES string of the molecule is O=C(NCC(O)C(O)c1cccc2c1C(=O)C(=O)N2)OCC1c2ccccc2-c2ccccc21. The zero-order valence-electron chi connectivity index (χ0n) is 18.0. The van der Waals surface area contributed by atoms with Gasteiger partial charge in [0.25, 0.3) is 11.7 Å². The van der Waals surface area contributed by atoms with Crippen LogP contribution in [-0.2, 0) is 9.53 Å². The molecule has 0 saturated heterocycles. The summed E-state index contributed by atoms with van der Waals surface area (Å²) < 4.78 is 5.43. The molecule has 3 aromatic carbocycles. The standard InChI is InChI=1S/C26H22N2O6/c29-21(23(30)18-10-5-11-20-22(18)24(31)25(32)28-20)12-27-26(33)34-13-19-16-8-3-1-6-14(16)15-7-2-4-9-17(15)19/h1-11,19,21,23,29-30H,12-13H2,(H,27,33)(H,28,31,32). The van der Waals surface area contributed by atoms with Gasteiger partial charge in [-0.15, -0.1) is 0 Å². The first-order valence-electron chi connectivity index (χ1n) is 10.9. The van der Waals surface area contributed by atoms with Crippen molar-refractivity contribution in [2.24, 2.45) is 0 Å². The molecule has 8 nitrogen and oxygen atoms in total. The van der Waals surface area contributed by atoms with Crippen LogP contribution in [0, 0.1) is 0 Å². The van der Waals surface area contributed by atoms with Gasteiger partial charge in [0.15, 0.2) is 0 Å². The number of aliphatic hydroxyl groups excluding tert-OH is 2. The van der Waals surface area contributed by atoms with E-state index in [-0.39, 0.29) is 35.9 Å². The van der Waals surface area contributed by atoms with Crippen molar-refractivity contribution in [2.45, 2.75) is 18.1 Å². The number of rotatable bonds is 6. The number of ketones is 1. The number of aliphatic hydroxyl groups is 2. The summed E-state index contributed by atoms with van der Waals surface area (Å²) in [7, 11) is 0. The Hall–Kier alpha value is -4.01. The molecule has 1 aliphatic carbocycles. The molecule has 5 rings (SSSR count). The van der Waals surface area contributed by atoms with E-state index >= 15 is 0 Å². The molecule has 0 saturated carbocycles. The Kier molecular flexibility index (Phi) is 5.61. The first-order valence-corrected chi connectivity index (χ1v) is 10.9. The molecule has 2 atom stereocenters. The second-order valence-corrected chi connectivity index (χ2v) is 8.27. The van der Waals surface area contributed by atoms with Gasteiger partial charge in [-0.25, -0.2) is 4.79 Å². The van der Waals surface area contributed by atoms with Gasteiger partial charge in [-0.1, -0.05) is 60.7 Å². The number of benzene rings is 3. The molecule has 2 unspecified atom stereocenters. The van der Waals surface area contributed by atoms with Gasteiger partial charge >= 0.3 is 6.09 Å². The lowest BCUT2D eigenvalue weighted by Crippen LogP contribution is -2.36. The van der Waals surface area contributed by atoms with E-state index < -0.39 is 30.0 Å². The monoisotopic (exact) mass is 458 g/mol. The quantitative estimate of drug-likeness (QED) is 0.421. The van der Waals surface area contributed by atoms with Crippen molar-refractivity contribution < 1.29 is 29.3 Å². The third kappa shape index (κ3) is 3.72. The van der Waals surface area contributed by atoms with Crippen LogP contribution in [0.15, 0.2) is 66.7 Å². The number of carbonyl (C=O) groups is 3. The number of anilines is 1. The van der Waals surface area contributed by atoms with Crippen LogP contribution in [0.5, 0.6) is 0 Å². The minimum atomic E-state index is -1.49. The Morgan fingerprint density at radius 1 is 0.941 bits per heavy atom. The smallest absolute Gasteiger partial charge is 0.407 e. The van der Waals surface area contributed by atoms with Crippen LogP contribution in [0.2, 0.25) is 0 Å². The van der Waals surface area contributed by atoms with E-state index in [0.29, 0.717) is 0 Å².